The van der Waals surface area contributed by atoms with Gasteiger partial charge in [0.05, 0.1) is 6.61 Å². The van der Waals surface area contributed by atoms with Gasteiger partial charge in [0.1, 0.15) is 0 Å². The molecule has 0 aromatic rings. The van der Waals surface area contributed by atoms with Crippen LogP contribution in [0.3, 0.4) is 0 Å². The molecule has 0 heterocycles. The third-order valence-corrected chi connectivity index (χ3v) is 9.39. The fourth-order valence-corrected chi connectivity index (χ4v) is 3.32. The molecule has 0 unspecified atom stereocenters. The van der Waals surface area contributed by atoms with E-state index in [9.17, 15) is 4.79 Å². The zero-order chi connectivity index (χ0) is 15.4. The first-order valence-electron chi connectivity index (χ1n) is 7.91. The molecule has 0 N–H and O–H groups in total. The number of carbonyl (C=O) groups is 1. The van der Waals surface area contributed by atoms with Crippen molar-refractivity contribution < 1.29 is 14.0 Å². The third-order valence-electron chi connectivity index (χ3n) is 4.85. The van der Waals surface area contributed by atoms with E-state index < -0.39 is 8.32 Å². The van der Waals surface area contributed by atoms with E-state index in [2.05, 4.69) is 33.9 Å². The minimum atomic E-state index is -1.57. The maximum atomic E-state index is 10.6. The topological polar surface area (TPSA) is 35.5 Å². The summed E-state index contributed by atoms with van der Waals surface area (Å²) >= 11 is 0. The van der Waals surface area contributed by atoms with Crippen LogP contribution in [0.15, 0.2) is 0 Å². The Morgan fingerprint density at radius 1 is 1.15 bits per heavy atom. The van der Waals surface area contributed by atoms with Crippen molar-refractivity contribution in [1.29, 1.82) is 0 Å². The van der Waals surface area contributed by atoms with Crippen molar-refractivity contribution in [2.75, 3.05) is 13.2 Å². The molecule has 1 saturated carbocycles. The summed E-state index contributed by atoms with van der Waals surface area (Å²) in [7, 11) is -1.57. The standard InChI is InChI=1S/C16H32O3Si/c1-13(17)18-10-7-8-14-12-15(14)9-11-19-20(5,6)16(2,3)4/h14-15H,7-12H2,1-6H3/t14-,15-/m0/s1. The summed E-state index contributed by atoms with van der Waals surface area (Å²) < 4.78 is 11.2. The predicted molar refractivity (Wildman–Crippen MR) is 85.2 cm³/mol. The number of ether oxygens (including phenoxy) is 1. The molecule has 4 heteroatoms. The summed E-state index contributed by atoms with van der Waals surface area (Å²) in [6.07, 6.45) is 4.73. The summed E-state index contributed by atoms with van der Waals surface area (Å²) in [5, 5.41) is 0.306. The molecule has 0 bridgehead atoms. The number of rotatable bonds is 8. The minimum Gasteiger partial charge on any atom is -0.466 e. The molecule has 0 amide bonds. The second kappa shape index (κ2) is 7.08. The van der Waals surface area contributed by atoms with Crippen LogP contribution in [0.2, 0.25) is 18.1 Å². The minimum absolute atomic E-state index is 0.167. The molecule has 118 valence electrons. The highest BCUT2D eigenvalue weighted by atomic mass is 28.4. The Morgan fingerprint density at radius 2 is 1.75 bits per heavy atom. The second-order valence-corrected chi connectivity index (χ2v) is 12.4. The molecule has 0 saturated heterocycles. The average Bonchev–Trinajstić information content (AvgIpc) is 3.01. The van der Waals surface area contributed by atoms with Crippen LogP contribution >= 0.6 is 0 Å². The van der Waals surface area contributed by atoms with Crippen LogP contribution < -0.4 is 0 Å². The lowest BCUT2D eigenvalue weighted by atomic mass is 10.1. The van der Waals surface area contributed by atoms with Crippen LogP contribution in [0.1, 0.15) is 53.4 Å². The first-order chi connectivity index (χ1) is 9.13. The molecule has 0 spiro atoms. The van der Waals surface area contributed by atoms with E-state index in [4.69, 9.17) is 9.16 Å². The van der Waals surface area contributed by atoms with Crippen LogP contribution in [0.25, 0.3) is 0 Å². The molecular formula is C16H32O3Si. The zero-order valence-electron chi connectivity index (χ0n) is 14.1. The summed E-state index contributed by atoms with van der Waals surface area (Å²) in [6, 6.07) is 0. The van der Waals surface area contributed by atoms with Crippen molar-refractivity contribution >= 4 is 14.3 Å². The van der Waals surface area contributed by atoms with Crippen LogP contribution in [0, 0.1) is 11.8 Å². The monoisotopic (exact) mass is 300 g/mol. The first kappa shape index (κ1) is 17.7. The fourth-order valence-electron chi connectivity index (χ4n) is 2.26. The van der Waals surface area contributed by atoms with Crippen LogP contribution in [0.5, 0.6) is 0 Å². The van der Waals surface area contributed by atoms with E-state index in [1.807, 2.05) is 0 Å². The summed E-state index contributed by atoms with van der Waals surface area (Å²) in [6.45, 7) is 14.5. The van der Waals surface area contributed by atoms with Gasteiger partial charge >= 0.3 is 5.97 Å². The largest absolute Gasteiger partial charge is 0.466 e. The van der Waals surface area contributed by atoms with Gasteiger partial charge in [0, 0.05) is 13.5 Å². The predicted octanol–water partition coefficient (Wildman–Crippen LogP) is 4.38. The van der Waals surface area contributed by atoms with Gasteiger partial charge in [-0.25, -0.2) is 0 Å². The molecule has 20 heavy (non-hydrogen) atoms. The summed E-state index contributed by atoms with van der Waals surface area (Å²) in [5.74, 6) is 1.52. The van der Waals surface area contributed by atoms with E-state index in [0.29, 0.717) is 11.6 Å². The van der Waals surface area contributed by atoms with Gasteiger partial charge in [-0.1, -0.05) is 20.8 Å². The molecule has 0 radical (unpaired) electrons. The Hall–Kier alpha value is -0.353. The lowest BCUT2D eigenvalue weighted by molar-refractivity contribution is -0.141. The molecule has 0 aromatic heterocycles. The summed E-state index contributed by atoms with van der Waals surface area (Å²) in [5.41, 5.74) is 0. The van der Waals surface area contributed by atoms with E-state index in [1.54, 1.807) is 0 Å². The van der Waals surface area contributed by atoms with Gasteiger partial charge in [-0.15, -0.1) is 0 Å². The molecule has 3 nitrogen and oxygen atoms in total. The zero-order valence-corrected chi connectivity index (χ0v) is 15.1. The maximum absolute atomic E-state index is 10.6. The van der Waals surface area contributed by atoms with Crippen molar-refractivity contribution in [1.82, 2.24) is 0 Å². The van der Waals surface area contributed by atoms with Crippen molar-refractivity contribution in [3.63, 3.8) is 0 Å². The lowest BCUT2D eigenvalue weighted by Gasteiger charge is -2.36. The molecule has 1 aliphatic rings. The molecular weight excluding hydrogens is 268 g/mol. The summed E-state index contributed by atoms with van der Waals surface area (Å²) in [4.78, 5) is 10.6. The van der Waals surface area contributed by atoms with Crippen LogP contribution in [-0.2, 0) is 14.0 Å². The van der Waals surface area contributed by atoms with E-state index in [-0.39, 0.29) is 5.97 Å². The highest BCUT2D eigenvalue weighted by Crippen LogP contribution is 2.45. The molecule has 0 aromatic carbocycles. The quantitative estimate of drug-likeness (QED) is 0.379. The van der Waals surface area contributed by atoms with Gasteiger partial charge in [-0.2, -0.15) is 0 Å². The van der Waals surface area contributed by atoms with Gasteiger partial charge in [0.2, 0.25) is 0 Å². The van der Waals surface area contributed by atoms with Gasteiger partial charge in [0.15, 0.2) is 8.32 Å². The molecule has 1 aliphatic carbocycles. The van der Waals surface area contributed by atoms with Crippen molar-refractivity contribution in [2.24, 2.45) is 11.8 Å². The smallest absolute Gasteiger partial charge is 0.302 e. The van der Waals surface area contributed by atoms with Gasteiger partial charge < -0.3 is 9.16 Å². The Labute approximate surface area is 125 Å². The van der Waals surface area contributed by atoms with Gasteiger partial charge in [-0.05, 0) is 55.7 Å². The van der Waals surface area contributed by atoms with E-state index >= 15 is 0 Å². The van der Waals surface area contributed by atoms with Crippen molar-refractivity contribution in [3.05, 3.63) is 0 Å². The molecule has 2 atom stereocenters. The number of hydrogen-bond acceptors (Lipinski definition) is 3. The van der Waals surface area contributed by atoms with E-state index in [0.717, 1.165) is 24.9 Å². The Balaban J connectivity index is 2.07. The normalized spacial score (nSPS) is 22.7. The second-order valence-electron chi connectivity index (χ2n) is 7.64. The third kappa shape index (κ3) is 5.96. The van der Waals surface area contributed by atoms with Gasteiger partial charge in [0.25, 0.3) is 0 Å². The lowest BCUT2D eigenvalue weighted by Crippen LogP contribution is -2.41. The van der Waals surface area contributed by atoms with Gasteiger partial charge in [-0.3, -0.25) is 4.79 Å². The molecule has 0 aliphatic heterocycles. The highest BCUT2D eigenvalue weighted by molar-refractivity contribution is 6.74. The fraction of sp³-hybridized carbons (Fsp3) is 0.938. The SMILES string of the molecule is CC(=O)OCCC[C@H]1C[C@@H]1CCO[Si](C)(C)C(C)(C)C. The number of carbonyl (C=O) groups excluding carboxylic acids is 1. The highest BCUT2D eigenvalue weighted by Gasteiger charge is 2.39. The molecule has 1 fully saturated rings. The van der Waals surface area contributed by atoms with E-state index in [1.165, 1.54) is 26.2 Å². The Morgan fingerprint density at radius 3 is 2.30 bits per heavy atom. The van der Waals surface area contributed by atoms with Crippen molar-refractivity contribution in [3.8, 4) is 0 Å². The number of hydrogen-bond donors (Lipinski definition) is 0. The average molecular weight is 301 g/mol. The van der Waals surface area contributed by atoms with Crippen LogP contribution in [0.4, 0.5) is 0 Å². The Kier molecular flexibility index (Phi) is 6.26. The first-order valence-corrected chi connectivity index (χ1v) is 10.8. The maximum Gasteiger partial charge on any atom is 0.302 e. The Bertz CT molecular complexity index is 320. The van der Waals surface area contributed by atoms with Crippen LogP contribution in [-0.4, -0.2) is 27.5 Å². The molecule has 1 rings (SSSR count). The van der Waals surface area contributed by atoms with Crippen molar-refractivity contribution in [2.45, 2.75) is 71.5 Å². The number of esters is 1.